The van der Waals surface area contributed by atoms with Crippen LogP contribution in [0.1, 0.15) is 16.2 Å². The fourth-order valence-electron chi connectivity index (χ4n) is 1.96. The second-order valence-corrected chi connectivity index (χ2v) is 5.28. The van der Waals surface area contributed by atoms with Crippen LogP contribution in [-0.2, 0) is 0 Å². The number of hydrogen-bond donors (Lipinski definition) is 1. The Bertz CT molecular complexity index is 831. The Morgan fingerprint density at radius 1 is 1.17 bits per heavy atom. The van der Waals surface area contributed by atoms with Crippen LogP contribution in [0.15, 0.2) is 59.1 Å². The lowest BCUT2D eigenvalue weighted by atomic mass is 10.2. The first-order valence-electron chi connectivity index (χ1n) is 6.89. The van der Waals surface area contributed by atoms with Gasteiger partial charge in [0.2, 0.25) is 5.76 Å². The highest BCUT2D eigenvalue weighted by Crippen LogP contribution is 2.32. The lowest BCUT2D eigenvalue weighted by molar-refractivity contribution is 0.0987. The summed E-state index contributed by atoms with van der Waals surface area (Å²) in [6.07, 6.45) is 0. The van der Waals surface area contributed by atoms with Crippen molar-refractivity contribution in [1.29, 1.82) is 0 Å². The van der Waals surface area contributed by atoms with E-state index in [1.165, 1.54) is 0 Å². The van der Waals surface area contributed by atoms with Gasteiger partial charge in [0, 0.05) is 11.1 Å². The van der Waals surface area contributed by atoms with Gasteiger partial charge in [-0.25, -0.2) is 0 Å². The first-order valence-corrected chi connectivity index (χ1v) is 7.27. The number of rotatable bonds is 4. The molecule has 0 radical (unpaired) electrons. The number of anilines is 1. The van der Waals surface area contributed by atoms with Crippen LogP contribution in [0.4, 0.5) is 5.69 Å². The molecule has 2 aromatic carbocycles. The lowest BCUT2D eigenvalue weighted by Gasteiger charge is -2.12. The molecule has 0 bridgehead atoms. The minimum absolute atomic E-state index is 0.119. The van der Waals surface area contributed by atoms with Gasteiger partial charge in [-0.15, -0.1) is 0 Å². The smallest absolute Gasteiger partial charge is 0.294 e. The molecular formula is C17H13ClN2O3. The summed E-state index contributed by atoms with van der Waals surface area (Å²) < 4.78 is 10.7. The Labute approximate surface area is 137 Å². The Kier molecular flexibility index (Phi) is 4.30. The molecule has 0 saturated heterocycles. The fraction of sp³-hybridized carbons (Fsp3) is 0.0588. The Morgan fingerprint density at radius 3 is 2.65 bits per heavy atom. The zero-order chi connectivity index (χ0) is 16.2. The molecule has 0 atom stereocenters. The number of carbonyl (C=O) groups excluding carboxylic acids is 1. The molecule has 3 aromatic rings. The van der Waals surface area contributed by atoms with Crippen molar-refractivity contribution in [3.63, 3.8) is 0 Å². The molecule has 0 fully saturated rings. The lowest BCUT2D eigenvalue weighted by Crippen LogP contribution is -2.11. The highest BCUT2D eigenvalue weighted by Gasteiger charge is 2.15. The summed E-state index contributed by atoms with van der Waals surface area (Å²) in [7, 11) is 0. The number of para-hydroxylation sites is 1. The molecule has 1 N–H and O–H groups in total. The second-order valence-electron chi connectivity index (χ2n) is 4.84. The number of nitrogens with one attached hydrogen (secondary N) is 1. The Morgan fingerprint density at radius 2 is 1.96 bits per heavy atom. The van der Waals surface area contributed by atoms with Gasteiger partial charge in [0.1, 0.15) is 5.75 Å². The zero-order valence-electron chi connectivity index (χ0n) is 12.2. The summed E-state index contributed by atoms with van der Waals surface area (Å²) in [5.74, 6) is 0.824. The topological polar surface area (TPSA) is 64.4 Å². The summed E-state index contributed by atoms with van der Waals surface area (Å²) in [5, 5.41) is 6.89. The third kappa shape index (κ3) is 3.70. The average molecular weight is 329 g/mol. The summed E-state index contributed by atoms with van der Waals surface area (Å²) in [6, 6.07) is 15.8. The van der Waals surface area contributed by atoms with Gasteiger partial charge in [0.15, 0.2) is 5.75 Å². The van der Waals surface area contributed by atoms with E-state index in [1.54, 1.807) is 31.2 Å². The van der Waals surface area contributed by atoms with Crippen molar-refractivity contribution in [2.24, 2.45) is 0 Å². The van der Waals surface area contributed by atoms with Crippen molar-refractivity contribution in [2.45, 2.75) is 6.92 Å². The zero-order valence-corrected chi connectivity index (χ0v) is 13.0. The molecule has 0 aliphatic rings. The summed E-state index contributed by atoms with van der Waals surface area (Å²) in [4.78, 5) is 12.2. The standard InChI is InChI=1S/C17H13ClN2O3/c1-11-9-16(23-20-11)17(21)19-14-10-12(18)7-8-15(14)22-13-5-3-2-4-6-13/h2-10H,1H3,(H,19,21). The van der Waals surface area contributed by atoms with Gasteiger partial charge in [-0.1, -0.05) is 35.0 Å². The van der Waals surface area contributed by atoms with Gasteiger partial charge in [0.25, 0.3) is 5.91 Å². The maximum Gasteiger partial charge on any atom is 0.294 e. The molecule has 0 aliphatic heterocycles. The van der Waals surface area contributed by atoms with Crippen LogP contribution >= 0.6 is 11.6 Å². The van der Waals surface area contributed by atoms with E-state index in [0.717, 1.165) is 0 Å². The van der Waals surface area contributed by atoms with E-state index in [9.17, 15) is 4.79 Å². The third-order valence-electron chi connectivity index (χ3n) is 3.01. The number of carbonyl (C=O) groups is 1. The molecule has 23 heavy (non-hydrogen) atoms. The van der Waals surface area contributed by atoms with Crippen LogP contribution in [0.3, 0.4) is 0 Å². The first kappa shape index (κ1) is 15.1. The number of amides is 1. The quantitative estimate of drug-likeness (QED) is 0.755. The van der Waals surface area contributed by atoms with Gasteiger partial charge in [-0.2, -0.15) is 0 Å². The number of benzene rings is 2. The van der Waals surface area contributed by atoms with Gasteiger partial charge in [-0.3, -0.25) is 4.79 Å². The number of ether oxygens (including phenoxy) is 1. The van der Waals surface area contributed by atoms with E-state index < -0.39 is 5.91 Å². The molecule has 1 heterocycles. The van der Waals surface area contributed by atoms with E-state index >= 15 is 0 Å². The van der Waals surface area contributed by atoms with Crippen LogP contribution in [0.5, 0.6) is 11.5 Å². The second kappa shape index (κ2) is 6.54. The molecule has 1 amide bonds. The predicted molar refractivity (Wildman–Crippen MR) is 87.2 cm³/mol. The Hall–Kier alpha value is -2.79. The fourth-order valence-corrected chi connectivity index (χ4v) is 2.13. The van der Waals surface area contributed by atoms with Crippen LogP contribution in [-0.4, -0.2) is 11.1 Å². The molecule has 6 heteroatoms. The molecule has 1 aromatic heterocycles. The Balaban J connectivity index is 1.86. The summed E-state index contributed by atoms with van der Waals surface area (Å²) in [6.45, 7) is 1.74. The van der Waals surface area contributed by atoms with Crippen molar-refractivity contribution in [1.82, 2.24) is 5.16 Å². The van der Waals surface area contributed by atoms with Crippen LogP contribution < -0.4 is 10.1 Å². The van der Waals surface area contributed by atoms with Crippen LogP contribution in [0.2, 0.25) is 5.02 Å². The number of aromatic nitrogens is 1. The van der Waals surface area contributed by atoms with Gasteiger partial charge < -0.3 is 14.6 Å². The van der Waals surface area contributed by atoms with Crippen molar-refractivity contribution in [2.75, 3.05) is 5.32 Å². The number of hydrogen-bond acceptors (Lipinski definition) is 4. The van der Waals surface area contributed by atoms with Crippen molar-refractivity contribution in [3.8, 4) is 11.5 Å². The normalized spacial score (nSPS) is 10.3. The largest absolute Gasteiger partial charge is 0.455 e. The number of aryl methyl sites for hydroxylation is 1. The molecular weight excluding hydrogens is 316 g/mol. The molecule has 0 unspecified atom stereocenters. The van der Waals surface area contributed by atoms with Gasteiger partial charge in [-0.05, 0) is 37.3 Å². The van der Waals surface area contributed by atoms with Crippen LogP contribution in [0, 0.1) is 6.92 Å². The maximum atomic E-state index is 12.2. The molecule has 116 valence electrons. The molecule has 0 aliphatic carbocycles. The van der Waals surface area contributed by atoms with Gasteiger partial charge in [0.05, 0.1) is 11.4 Å². The third-order valence-corrected chi connectivity index (χ3v) is 3.25. The number of nitrogens with zero attached hydrogens (tertiary/aromatic N) is 1. The van der Waals surface area contributed by atoms with Crippen molar-refractivity contribution < 1.29 is 14.1 Å². The first-order chi connectivity index (χ1) is 11.1. The molecule has 0 saturated carbocycles. The highest BCUT2D eigenvalue weighted by molar-refractivity contribution is 6.31. The van der Waals surface area contributed by atoms with E-state index in [-0.39, 0.29) is 5.76 Å². The summed E-state index contributed by atoms with van der Waals surface area (Å²) >= 11 is 6.01. The van der Waals surface area contributed by atoms with Crippen molar-refractivity contribution in [3.05, 3.63) is 71.1 Å². The number of halogens is 1. The van der Waals surface area contributed by atoms with Crippen molar-refractivity contribution >= 4 is 23.2 Å². The SMILES string of the molecule is Cc1cc(C(=O)Nc2cc(Cl)ccc2Oc2ccccc2)on1. The van der Waals surface area contributed by atoms with E-state index in [1.807, 2.05) is 30.3 Å². The minimum Gasteiger partial charge on any atom is -0.455 e. The van der Waals surface area contributed by atoms with E-state index in [2.05, 4.69) is 10.5 Å². The molecule has 3 rings (SSSR count). The highest BCUT2D eigenvalue weighted by atomic mass is 35.5. The van der Waals surface area contributed by atoms with Gasteiger partial charge >= 0.3 is 0 Å². The minimum atomic E-state index is -0.425. The maximum absolute atomic E-state index is 12.2. The van der Waals surface area contributed by atoms with E-state index in [0.29, 0.717) is 27.9 Å². The molecule has 5 nitrogen and oxygen atoms in total. The van der Waals surface area contributed by atoms with Crippen LogP contribution in [0.25, 0.3) is 0 Å². The van der Waals surface area contributed by atoms with E-state index in [4.69, 9.17) is 20.9 Å². The predicted octanol–water partition coefficient (Wildman–Crippen LogP) is 4.68. The monoisotopic (exact) mass is 328 g/mol. The summed E-state index contributed by atoms with van der Waals surface area (Å²) in [5.41, 5.74) is 1.07. The average Bonchev–Trinajstić information content (AvgIpc) is 2.98. The molecule has 0 spiro atoms.